The average molecular weight is 200 g/mol. The smallest absolute Gasteiger partial charge is 0.0927 e. The lowest BCUT2D eigenvalue weighted by Crippen LogP contribution is -1.76. The molecule has 0 spiro atoms. The molecular formula is C11H8N2S. The summed E-state index contributed by atoms with van der Waals surface area (Å²) in [5.41, 5.74) is 2.21. The van der Waals surface area contributed by atoms with Crippen molar-refractivity contribution in [2.75, 3.05) is 0 Å². The molecule has 0 aliphatic heterocycles. The van der Waals surface area contributed by atoms with Crippen molar-refractivity contribution in [1.29, 1.82) is 0 Å². The van der Waals surface area contributed by atoms with E-state index in [0.717, 1.165) is 5.69 Å². The summed E-state index contributed by atoms with van der Waals surface area (Å²) in [6.45, 7) is 0. The van der Waals surface area contributed by atoms with Gasteiger partial charge in [-0.2, -0.15) is 0 Å². The molecule has 2 aromatic heterocycles. The summed E-state index contributed by atoms with van der Waals surface area (Å²) in [6.07, 6.45) is 3.63. The lowest BCUT2D eigenvalue weighted by molar-refractivity contribution is 1.31. The number of benzene rings is 1. The van der Waals surface area contributed by atoms with Crippen LogP contribution in [0.5, 0.6) is 0 Å². The summed E-state index contributed by atoms with van der Waals surface area (Å²) in [5.74, 6) is 0. The number of hydrogen-bond donors (Lipinski definition) is 1. The van der Waals surface area contributed by atoms with E-state index in [2.05, 4.69) is 39.6 Å². The van der Waals surface area contributed by atoms with E-state index in [1.54, 1.807) is 17.7 Å². The summed E-state index contributed by atoms with van der Waals surface area (Å²) in [6, 6.07) is 8.45. The van der Waals surface area contributed by atoms with Gasteiger partial charge in [0.25, 0.3) is 0 Å². The van der Waals surface area contributed by atoms with Gasteiger partial charge in [0.05, 0.1) is 12.0 Å². The van der Waals surface area contributed by atoms with E-state index in [1.165, 1.54) is 15.6 Å². The third-order valence-electron chi connectivity index (χ3n) is 2.27. The number of nitrogens with zero attached hydrogens (tertiary/aromatic N) is 1. The van der Waals surface area contributed by atoms with Crippen molar-refractivity contribution in [2.45, 2.75) is 0 Å². The van der Waals surface area contributed by atoms with Gasteiger partial charge in [0.15, 0.2) is 0 Å². The molecule has 0 saturated heterocycles. The van der Waals surface area contributed by atoms with E-state index in [4.69, 9.17) is 0 Å². The van der Waals surface area contributed by atoms with Gasteiger partial charge in [-0.3, -0.25) is 0 Å². The Hall–Kier alpha value is -1.61. The van der Waals surface area contributed by atoms with Crippen LogP contribution in [0.4, 0.5) is 0 Å². The summed E-state index contributed by atoms with van der Waals surface area (Å²) in [5, 5.41) is 3.39. The minimum absolute atomic E-state index is 1.01. The molecule has 0 saturated carbocycles. The molecule has 14 heavy (non-hydrogen) atoms. The SMILES string of the molecule is c1cc(-c2c[nH]cn2)c2ccsc2c1. The van der Waals surface area contributed by atoms with E-state index in [0.29, 0.717) is 0 Å². The molecule has 0 amide bonds. The zero-order chi connectivity index (χ0) is 9.38. The van der Waals surface area contributed by atoms with Gasteiger partial charge in [-0.05, 0) is 17.5 Å². The Labute approximate surface area is 85.2 Å². The Bertz CT molecular complexity index is 551. The number of nitrogens with one attached hydrogen (secondary N) is 1. The van der Waals surface area contributed by atoms with E-state index in [9.17, 15) is 0 Å². The Balaban J connectivity index is 2.36. The maximum absolute atomic E-state index is 4.27. The number of rotatable bonds is 1. The van der Waals surface area contributed by atoms with E-state index in [1.807, 2.05) is 6.20 Å². The minimum Gasteiger partial charge on any atom is -0.351 e. The van der Waals surface area contributed by atoms with Crippen LogP contribution in [0.25, 0.3) is 21.3 Å². The number of H-pyrrole nitrogens is 1. The number of aromatic amines is 1. The highest BCUT2D eigenvalue weighted by Crippen LogP contribution is 2.30. The topological polar surface area (TPSA) is 28.7 Å². The molecular weight excluding hydrogens is 192 g/mol. The Morgan fingerprint density at radius 2 is 2.21 bits per heavy atom. The molecule has 0 bridgehead atoms. The fourth-order valence-corrected chi connectivity index (χ4v) is 2.44. The molecule has 3 aromatic rings. The zero-order valence-corrected chi connectivity index (χ0v) is 8.21. The maximum Gasteiger partial charge on any atom is 0.0927 e. The molecule has 0 radical (unpaired) electrons. The lowest BCUT2D eigenvalue weighted by Gasteiger charge is -1.97. The third kappa shape index (κ3) is 1.06. The number of thiophene rings is 1. The maximum atomic E-state index is 4.27. The van der Waals surface area contributed by atoms with Crippen molar-refractivity contribution in [1.82, 2.24) is 9.97 Å². The molecule has 0 aliphatic rings. The predicted octanol–water partition coefficient (Wildman–Crippen LogP) is 3.29. The number of fused-ring (bicyclic) bond motifs is 1. The van der Waals surface area contributed by atoms with Crippen LogP contribution in [-0.4, -0.2) is 9.97 Å². The first kappa shape index (κ1) is 7.76. The molecule has 1 aromatic carbocycles. The van der Waals surface area contributed by atoms with E-state index < -0.39 is 0 Å². The van der Waals surface area contributed by atoms with Gasteiger partial charge in [-0.15, -0.1) is 11.3 Å². The Morgan fingerprint density at radius 3 is 3.07 bits per heavy atom. The number of imidazole rings is 1. The van der Waals surface area contributed by atoms with Gasteiger partial charge in [-0.25, -0.2) is 4.98 Å². The second kappa shape index (κ2) is 2.96. The van der Waals surface area contributed by atoms with Crippen LogP contribution in [0.2, 0.25) is 0 Å². The summed E-state index contributed by atoms with van der Waals surface area (Å²) < 4.78 is 1.31. The molecule has 2 nitrogen and oxygen atoms in total. The van der Waals surface area contributed by atoms with Crippen molar-refractivity contribution in [3.05, 3.63) is 42.2 Å². The van der Waals surface area contributed by atoms with Gasteiger partial charge in [0, 0.05) is 21.8 Å². The van der Waals surface area contributed by atoms with Gasteiger partial charge >= 0.3 is 0 Å². The fraction of sp³-hybridized carbons (Fsp3) is 0. The standard InChI is InChI=1S/C11H8N2S/c1-2-8(10-6-12-7-13-10)9-4-5-14-11(9)3-1/h1-7H,(H,12,13). The molecule has 68 valence electrons. The average Bonchev–Trinajstić information content (AvgIpc) is 2.88. The molecule has 2 heterocycles. The van der Waals surface area contributed by atoms with Crippen LogP contribution in [0.15, 0.2) is 42.2 Å². The second-order valence-corrected chi connectivity index (χ2v) is 4.04. The number of hydrogen-bond acceptors (Lipinski definition) is 2. The molecule has 3 heteroatoms. The normalized spacial score (nSPS) is 10.9. The second-order valence-electron chi connectivity index (χ2n) is 3.09. The molecule has 1 N–H and O–H groups in total. The van der Waals surface area contributed by atoms with Crippen molar-refractivity contribution in [3.8, 4) is 11.3 Å². The van der Waals surface area contributed by atoms with Crippen LogP contribution in [-0.2, 0) is 0 Å². The van der Waals surface area contributed by atoms with Crippen LogP contribution in [0.1, 0.15) is 0 Å². The molecule has 3 rings (SSSR count). The highest BCUT2D eigenvalue weighted by atomic mass is 32.1. The molecule has 0 atom stereocenters. The first-order valence-electron chi connectivity index (χ1n) is 4.40. The monoisotopic (exact) mass is 200 g/mol. The highest BCUT2D eigenvalue weighted by Gasteiger charge is 2.04. The van der Waals surface area contributed by atoms with E-state index >= 15 is 0 Å². The first-order valence-corrected chi connectivity index (χ1v) is 5.28. The number of aromatic nitrogens is 2. The van der Waals surface area contributed by atoms with Crippen LogP contribution >= 0.6 is 11.3 Å². The first-order chi connectivity index (χ1) is 6.95. The Kier molecular flexibility index (Phi) is 1.64. The summed E-state index contributed by atoms with van der Waals surface area (Å²) >= 11 is 1.76. The quantitative estimate of drug-likeness (QED) is 0.641. The van der Waals surface area contributed by atoms with Gasteiger partial charge < -0.3 is 4.98 Å². The van der Waals surface area contributed by atoms with E-state index in [-0.39, 0.29) is 0 Å². The molecule has 0 unspecified atom stereocenters. The fourth-order valence-electron chi connectivity index (χ4n) is 1.62. The van der Waals surface area contributed by atoms with Crippen molar-refractivity contribution >= 4 is 21.4 Å². The lowest BCUT2D eigenvalue weighted by atomic mass is 10.1. The van der Waals surface area contributed by atoms with Crippen LogP contribution < -0.4 is 0 Å². The van der Waals surface area contributed by atoms with Crippen molar-refractivity contribution < 1.29 is 0 Å². The molecule has 0 fully saturated rings. The van der Waals surface area contributed by atoms with Crippen molar-refractivity contribution in [2.24, 2.45) is 0 Å². The van der Waals surface area contributed by atoms with Crippen LogP contribution in [0.3, 0.4) is 0 Å². The van der Waals surface area contributed by atoms with Crippen molar-refractivity contribution in [3.63, 3.8) is 0 Å². The summed E-state index contributed by atoms with van der Waals surface area (Å²) in [4.78, 5) is 7.24. The van der Waals surface area contributed by atoms with Gasteiger partial charge in [-0.1, -0.05) is 12.1 Å². The molecule has 0 aliphatic carbocycles. The largest absolute Gasteiger partial charge is 0.351 e. The minimum atomic E-state index is 1.01. The Morgan fingerprint density at radius 1 is 1.21 bits per heavy atom. The summed E-state index contributed by atoms with van der Waals surface area (Å²) in [7, 11) is 0. The van der Waals surface area contributed by atoms with Gasteiger partial charge in [0.2, 0.25) is 0 Å². The third-order valence-corrected chi connectivity index (χ3v) is 3.15. The van der Waals surface area contributed by atoms with Crippen LogP contribution in [0, 0.1) is 0 Å². The van der Waals surface area contributed by atoms with Gasteiger partial charge in [0.1, 0.15) is 0 Å². The highest BCUT2D eigenvalue weighted by molar-refractivity contribution is 7.17. The zero-order valence-electron chi connectivity index (χ0n) is 7.40. The predicted molar refractivity (Wildman–Crippen MR) is 59.4 cm³/mol.